The van der Waals surface area contributed by atoms with E-state index in [1.165, 1.54) is 0 Å². The van der Waals surface area contributed by atoms with Crippen LogP contribution in [0.25, 0.3) is 0 Å². The van der Waals surface area contributed by atoms with E-state index in [4.69, 9.17) is 9.47 Å². The van der Waals surface area contributed by atoms with Gasteiger partial charge in [0.15, 0.2) is 11.5 Å². The molecule has 0 bridgehead atoms. The predicted molar refractivity (Wildman–Crippen MR) is 90.6 cm³/mol. The summed E-state index contributed by atoms with van der Waals surface area (Å²) < 4.78 is 10.5. The van der Waals surface area contributed by atoms with Crippen LogP contribution in [-0.2, 0) is 4.79 Å². The first kappa shape index (κ1) is 16.6. The fraction of sp³-hybridized carbons (Fsp3) is 0.294. The molecule has 0 unspecified atom stereocenters. The highest BCUT2D eigenvalue weighted by Crippen LogP contribution is 2.31. The zero-order valence-corrected chi connectivity index (χ0v) is 13.6. The molecule has 23 heavy (non-hydrogen) atoms. The highest BCUT2D eigenvalue weighted by molar-refractivity contribution is 5.89. The first-order chi connectivity index (χ1) is 11.2. The third-order valence-corrected chi connectivity index (χ3v) is 3.18. The Morgan fingerprint density at radius 2 is 1.83 bits per heavy atom. The Bertz CT molecular complexity index is 657. The molecule has 0 fully saturated rings. The maximum Gasteiger partial charge on any atom is 0.225 e. The molecule has 0 aliphatic rings. The van der Waals surface area contributed by atoms with Gasteiger partial charge in [-0.1, -0.05) is 6.92 Å². The average molecular weight is 315 g/mol. The summed E-state index contributed by atoms with van der Waals surface area (Å²) in [7, 11) is 3.19. The lowest BCUT2D eigenvalue weighted by Gasteiger charge is -2.11. The summed E-state index contributed by atoms with van der Waals surface area (Å²) in [6.45, 7) is 1.96. The van der Waals surface area contributed by atoms with Crippen molar-refractivity contribution in [2.45, 2.75) is 19.8 Å². The van der Waals surface area contributed by atoms with Crippen LogP contribution in [0.3, 0.4) is 0 Å². The zero-order chi connectivity index (χ0) is 16.7. The molecule has 0 radical (unpaired) electrons. The van der Waals surface area contributed by atoms with Crippen LogP contribution in [0, 0.1) is 0 Å². The number of benzene rings is 1. The quantitative estimate of drug-likeness (QED) is 0.817. The van der Waals surface area contributed by atoms with E-state index in [1.807, 2.05) is 31.2 Å². The van der Waals surface area contributed by atoms with Crippen molar-refractivity contribution in [3.63, 3.8) is 0 Å². The van der Waals surface area contributed by atoms with Crippen molar-refractivity contribution in [3.05, 3.63) is 36.5 Å². The number of ether oxygens (including phenoxy) is 2. The summed E-state index contributed by atoms with van der Waals surface area (Å²) in [6, 6.07) is 9.17. The van der Waals surface area contributed by atoms with Gasteiger partial charge < -0.3 is 20.1 Å². The molecule has 0 aliphatic carbocycles. The van der Waals surface area contributed by atoms with Gasteiger partial charge in [-0.3, -0.25) is 4.79 Å². The standard InChI is InChI=1S/C17H21N3O3/c1-4-5-17(21)20-16-9-7-13(11-18-16)19-12-6-8-14(22-2)15(10-12)23-3/h6-11,19H,4-5H2,1-3H3,(H,18,20,21). The van der Waals surface area contributed by atoms with Crippen molar-refractivity contribution >= 4 is 23.1 Å². The van der Waals surface area contributed by atoms with Crippen LogP contribution in [-0.4, -0.2) is 25.1 Å². The first-order valence-electron chi connectivity index (χ1n) is 7.41. The lowest BCUT2D eigenvalue weighted by atomic mass is 10.2. The fourth-order valence-corrected chi connectivity index (χ4v) is 2.05. The molecule has 1 heterocycles. The number of carbonyl (C=O) groups excluding carboxylic acids is 1. The van der Waals surface area contributed by atoms with Gasteiger partial charge in [0.2, 0.25) is 5.91 Å². The van der Waals surface area contributed by atoms with Crippen LogP contribution in [0.1, 0.15) is 19.8 Å². The Kier molecular flexibility index (Phi) is 5.80. The summed E-state index contributed by atoms with van der Waals surface area (Å²) in [5.74, 6) is 1.83. The molecule has 1 amide bonds. The zero-order valence-electron chi connectivity index (χ0n) is 13.6. The van der Waals surface area contributed by atoms with Crippen molar-refractivity contribution < 1.29 is 14.3 Å². The number of pyridine rings is 1. The van der Waals surface area contributed by atoms with E-state index in [1.54, 1.807) is 26.5 Å². The molecule has 0 saturated heterocycles. The Morgan fingerprint density at radius 3 is 2.43 bits per heavy atom. The molecule has 0 atom stereocenters. The minimum atomic E-state index is -0.0272. The molecule has 6 heteroatoms. The van der Waals surface area contributed by atoms with E-state index in [9.17, 15) is 4.79 Å². The SMILES string of the molecule is CCCC(=O)Nc1ccc(Nc2ccc(OC)c(OC)c2)cn1. The normalized spacial score (nSPS) is 10.0. The van der Waals surface area contributed by atoms with Crippen molar-refractivity contribution in [2.75, 3.05) is 24.9 Å². The van der Waals surface area contributed by atoms with Crippen molar-refractivity contribution in [3.8, 4) is 11.5 Å². The number of aromatic nitrogens is 1. The molecule has 0 aliphatic heterocycles. The second kappa shape index (κ2) is 8.03. The lowest BCUT2D eigenvalue weighted by molar-refractivity contribution is -0.116. The highest BCUT2D eigenvalue weighted by atomic mass is 16.5. The minimum Gasteiger partial charge on any atom is -0.493 e. The maximum atomic E-state index is 11.5. The number of nitrogens with zero attached hydrogens (tertiary/aromatic N) is 1. The third-order valence-electron chi connectivity index (χ3n) is 3.18. The summed E-state index contributed by atoms with van der Waals surface area (Å²) >= 11 is 0. The highest BCUT2D eigenvalue weighted by Gasteiger charge is 2.05. The van der Waals surface area contributed by atoms with Crippen LogP contribution >= 0.6 is 0 Å². The molecule has 1 aromatic heterocycles. The van der Waals surface area contributed by atoms with E-state index in [0.717, 1.165) is 17.8 Å². The monoisotopic (exact) mass is 315 g/mol. The van der Waals surface area contributed by atoms with Gasteiger partial charge >= 0.3 is 0 Å². The molecule has 1 aromatic carbocycles. The van der Waals surface area contributed by atoms with Crippen LogP contribution in [0.15, 0.2) is 36.5 Å². The predicted octanol–water partition coefficient (Wildman–Crippen LogP) is 3.58. The van der Waals surface area contributed by atoms with E-state index in [0.29, 0.717) is 23.7 Å². The third kappa shape index (κ3) is 4.60. The maximum absolute atomic E-state index is 11.5. The van der Waals surface area contributed by atoms with Gasteiger partial charge in [-0.2, -0.15) is 0 Å². The second-order valence-corrected chi connectivity index (χ2v) is 4.93. The molecule has 0 spiro atoms. The van der Waals surface area contributed by atoms with Gasteiger partial charge in [-0.05, 0) is 30.7 Å². The second-order valence-electron chi connectivity index (χ2n) is 4.93. The number of hydrogen-bond acceptors (Lipinski definition) is 5. The molecule has 2 aromatic rings. The van der Waals surface area contributed by atoms with Gasteiger partial charge in [-0.15, -0.1) is 0 Å². The van der Waals surface area contributed by atoms with Crippen LogP contribution in [0.5, 0.6) is 11.5 Å². The fourth-order valence-electron chi connectivity index (χ4n) is 2.05. The van der Waals surface area contributed by atoms with Gasteiger partial charge in [0.25, 0.3) is 0 Å². The summed E-state index contributed by atoms with van der Waals surface area (Å²) in [4.78, 5) is 15.7. The van der Waals surface area contributed by atoms with Gasteiger partial charge in [-0.25, -0.2) is 4.98 Å². The van der Waals surface area contributed by atoms with Crippen molar-refractivity contribution in [2.24, 2.45) is 0 Å². The Morgan fingerprint density at radius 1 is 1.09 bits per heavy atom. The number of nitrogens with one attached hydrogen (secondary N) is 2. The number of methoxy groups -OCH3 is 2. The van der Waals surface area contributed by atoms with E-state index < -0.39 is 0 Å². The summed E-state index contributed by atoms with van der Waals surface area (Å²) in [5, 5.41) is 5.98. The Labute approximate surface area is 135 Å². The summed E-state index contributed by atoms with van der Waals surface area (Å²) in [6.07, 6.45) is 2.97. The van der Waals surface area contributed by atoms with Gasteiger partial charge in [0, 0.05) is 18.2 Å². The Balaban J connectivity index is 2.04. The van der Waals surface area contributed by atoms with Crippen LogP contribution < -0.4 is 20.1 Å². The van der Waals surface area contributed by atoms with Gasteiger partial charge in [0.1, 0.15) is 5.82 Å². The number of hydrogen-bond donors (Lipinski definition) is 2. The number of anilines is 3. The first-order valence-corrected chi connectivity index (χ1v) is 7.41. The molecular formula is C17H21N3O3. The van der Waals surface area contributed by atoms with E-state index in [-0.39, 0.29) is 5.91 Å². The smallest absolute Gasteiger partial charge is 0.225 e. The largest absolute Gasteiger partial charge is 0.493 e. The molecular weight excluding hydrogens is 294 g/mol. The van der Waals surface area contributed by atoms with Gasteiger partial charge in [0.05, 0.1) is 26.1 Å². The van der Waals surface area contributed by atoms with E-state index in [2.05, 4.69) is 15.6 Å². The number of rotatable bonds is 7. The molecule has 0 saturated carbocycles. The lowest BCUT2D eigenvalue weighted by Crippen LogP contribution is -2.11. The molecule has 6 nitrogen and oxygen atoms in total. The molecule has 2 N–H and O–H groups in total. The topological polar surface area (TPSA) is 72.5 Å². The minimum absolute atomic E-state index is 0.0272. The average Bonchev–Trinajstić information content (AvgIpc) is 2.56. The van der Waals surface area contributed by atoms with E-state index >= 15 is 0 Å². The number of carbonyl (C=O) groups is 1. The molecule has 122 valence electrons. The molecule has 2 rings (SSSR count). The van der Waals surface area contributed by atoms with Crippen molar-refractivity contribution in [1.29, 1.82) is 0 Å². The summed E-state index contributed by atoms with van der Waals surface area (Å²) in [5.41, 5.74) is 1.66. The van der Waals surface area contributed by atoms with Crippen LogP contribution in [0.4, 0.5) is 17.2 Å². The Hall–Kier alpha value is -2.76. The van der Waals surface area contributed by atoms with Crippen molar-refractivity contribution in [1.82, 2.24) is 4.98 Å². The van der Waals surface area contributed by atoms with Crippen LogP contribution in [0.2, 0.25) is 0 Å². The number of amides is 1.